The molecule has 0 spiro atoms. The standard InChI is InChI=1S/C21H22N4O3S/c1-2-28-15-9-7-14(8-10-15)16-11-12-20(27)25(24-16)13-19(26)23-21-22-17-5-3-4-6-18(17)29-21/h7-12H,2-6,13H2,1H3,(H,22,23,26). The minimum absolute atomic E-state index is 0.159. The van der Waals surface area contributed by atoms with Gasteiger partial charge in [0, 0.05) is 16.5 Å². The Kier molecular flexibility index (Phi) is 5.71. The van der Waals surface area contributed by atoms with Crippen LogP contribution in [-0.2, 0) is 24.2 Å². The van der Waals surface area contributed by atoms with Crippen LogP contribution in [0.3, 0.4) is 0 Å². The van der Waals surface area contributed by atoms with E-state index in [-0.39, 0.29) is 18.0 Å². The second kappa shape index (κ2) is 8.57. The van der Waals surface area contributed by atoms with E-state index in [1.54, 1.807) is 6.07 Å². The quantitative estimate of drug-likeness (QED) is 0.674. The highest BCUT2D eigenvalue weighted by Crippen LogP contribution is 2.29. The summed E-state index contributed by atoms with van der Waals surface area (Å²) in [6.07, 6.45) is 4.29. The molecular formula is C21H22N4O3S. The Bertz CT molecular complexity index is 1050. The third-order valence-corrected chi connectivity index (χ3v) is 5.79. The van der Waals surface area contributed by atoms with Crippen LogP contribution in [0.4, 0.5) is 5.13 Å². The fourth-order valence-corrected chi connectivity index (χ4v) is 4.37. The van der Waals surface area contributed by atoms with Crippen molar-refractivity contribution in [2.45, 2.75) is 39.2 Å². The lowest BCUT2D eigenvalue weighted by Gasteiger charge is -2.08. The summed E-state index contributed by atoms with van der Waals surface area (Å²) in [7, 11) is 0. The average Bonchev–Trinajstić information content (AvgIpc) is 3.12. The predicted molar refractivity (Wildman–Crippen MR) is 112 cm³/mol. The number of nitrogens with one attached hydrogen (secondary N) is 1. The molecule has 1 aliphatic rings. The van der Waals surface area contributed by atoms with E-state index >= 15 is 0 Å². The van der Waals surface area contributed by atoms with Crippen molar-refractivity contribution in [3.63, 3.8) is 0 Å². The van der Waals surface area contributed by atoms with Crippen LogP contribution in [0.25, 0.3) is 11.3 Å². The largest absolute Gasteiger partial charge is 0.494 e. The van der Waals surface area contributed by atoms with E-state index in [1.165, 1.54) is 33.4 Å². The zero-order valence-corrected chi connectivity index (χ0v) is 17.0. The molecule has 0 radical (unpaired) electrons. The zero-order valence-electron chi connectivity index (χ0n) is 16.2. The maximum absolute atomic E-state index is 12.5. The number of hydrogen-bond donors (Lipinski definition) is 1. The predicted octanol–water partition coefficient (Wildman–Crippen LogP) is 3.28. The first-order valence-corrected chi connectivity index (χ1v) is 10.5. The molecule has 0 saturated heterocycles. The Balaban J connectivity index is 1.48. The molecule has 1 amide bonds. The first-order chi connectivity index (χ1) is 14.1. The molecule has 150 valence electrons. The first-order valence-electron chi connectivity index (χ1n) is 9.72. The monoisotopic (exact) mass is 410 g/mol. The van der Waals surface area contributed by atoms with Gasteiger partial charge in [-0.1, -0.05) is 0 Å². The van der Waals surface area contributed by atoms with Gasteiger partial charge in [-0.05, 0) is 62.9 Å². The molecule has 2 aromatic heterocycles. The van der Waals surface area contributed by atoms with E-state index in [1.807, 2.05) is 31.2 Å². The lowest BCUT2D eigenvalue weighted by Crippen LogP contribution is -2.29. The van der Waals surface area contributed by atoms with Gasteiger partial charge < -0.3 is 10.1 Å². The van der Waals surface area contributed by atoms with Crippen LogP contribution < -0.4 is 15.6 Å². The number of anilines is 1. The third-order valence-electron chi connectivity index (χ3n) is 4.71. The number of hydrogen-bond acceptors (Lipinski definition) is 6. The summed E-state index contributed by atoms with van der Waals surface area (Å²) in [5.74, 6) is 0.463. The van der Waals surface area contributed by atoms with Gasteiger partial charge in [0.25, 0.3) is 5.56 Å². The molecule has 2 heterocycles. The van der Waals surface area contributed by atoms with Crippen molar-refractivity contribution in [3.8, 4) is 17.0 Å². The number of amides is 1. The maximum Gasteiger partial charge on any atom is 0.267 e. The molecule has 4 rings (SSSR count). The molecular weight excluding hydrogens is 388 g/mol. The number of nitrogens with zero attached hydrogens (tertiary/aromatic N) is 3. The average molecular weight is 410 g/mol. The van der Waals surface area contributed by atoms with Crippen molar-refractivity contribution in [3.05, 3.63) is 57.3 Å². The number of benzene rings is 1. The first kappa shape index (κ1) is 19.3. The van der Waals surface area contributed by atoms with Gasteiger partial charge >= 0.3 is 0 Å². The topological polar surface area (TPSA) is 86.1 Å². The Labute approximate surface area is 172 Å². The van der Waals surface area contributed by atoms with Crippen molar-refractivity contribution in [1.82, 2.24) is 14.8 Å². The minimum Gasteiger partial charge on any atom is -0.494 e. The molecule has 1 N–H and O–H groups in total. The summed E-state index contributed by atoms with van der Waals surface area (Å²) in [5.41, 5.74) is 2.22. The summed E-state index contributed by atoms with van der Waals surface area (Å²) in [6, 6.07) is 10.5. The number of thiazole rings is 1. The lowest BCUT2D eigenvalue weighted by atomic mass is 10.0. The van der Waals surface area contributed by atoms with Gasteiger partial charge in [-0.15, -0.1) is 11.3 Å². The van der Waals surface area contributed by atoms with Gasteiger partial charge in [0.1, 0.15) is 12.3 Å². The summed E-state index contributed by atoms with van der Waals surface area (Å²) in [4.78, 5) is 30.4. The highest BCUT2D eigenvalue weighted by Gasteiger charge is 2.17. The SMILES string of the molecule is CCOc1ccc(-c2ccc(=O)n(CC(=O)Nc3nc4c(s3)CCCC4)n2)cc1. The van der Waals surface area contributed by atoms with Crippen LogP contribution in [0.15, 0.2) is 41.2 Å². The Morgan fingerprint density at radius 3 is 2.72 bits per heavy atom. The number of aromatic nitrogens is 3. The molecule has 3 aromatic rings. The maximum atomic E-state index is 12.5. The van der Waals surface area contributed by atoms with E-state index in [9.17, 15) is 9.59 Å². The number of carbonyl (C=O) groups is 1. The van der Waals surface area contributed by atoms with Crippen LogP contribution in [-0.4, -0.2) is 27.3 Å². The van der Waals surface area contributed by atoms with E-state index in [0.717, 1.165) is 36.3 Å². The molecule has 1 aliphatic carbocycles. The molecule has 0 fully saturated rings. The smallest absolute Gasteiger partial charge is 0.267 e. The second-order valence-corrected chi connectivity index (χ2v) is 7.90. The summed E-state index contributed by atoms with van der Waals surface area (Å²) in [6.45, 7) is 2.37. The molecule has 0 aliphatic heterocycles. The Morgan fingerprint density at radius 2 is 1.97 bits per heavy atom. The van der Waals surface area contributed by atoms with Gasteiger partial charge in [0.2, 0.25) is 5.91 Å². The van der Waals surface area contributed by atoms with Crippen LogP contribution in [0.1, 0.15) is 30.3 Å². The second-order valence-electron chi connectivity index (χ2n) is 6.82. The number of ether oxygens (including phenoxy) is 1. The van der Waals surface area contributed by atoms with Crippen LogP contribution >= 0.6 is 11.3 Å². The van der Waals surface area contributed by atoms with Gasteiger partial charge in [-0.3, -0.25) is 9.59 Å². The highest BCUT2D eigenvalue weighted by atomic mass is 32.1. The van der Waals surface area contributed by atoms with Crippen LogP contribution in [0.5, 0.6) is 5.75 Å². The molecule has 0 atom stereocenters. The van der Waals surface area contributed by atoms with Gasteiger partial charge in [-0.2, -0.15) is 5.10 Å². The number of carbonyl (C=O) groups excluding carboxylic acids is 1. The molecule has 29 heavy (non-hydrogen) atoms. The minimum atomic E-state index is -0.326. The van der Waals surface area contributed by atoms with Crippen molar-refractivity contribution in [2.24, 2.45) is 0 Å². The Morgan fingerprint density at radius 1 is 1.17 bits per heavy atom. The molecule has 8 heteroatoms. The lowest BCUT2D eigenvalue weighted by molar-refractivity contribution is -0.117. The third kappa shape index (κ3) is 4.54. The Hall–Kier alpha value is -3.00. The van der Waals surface area contributed by atoms with Crippen molar-refractivity contribution in [1.29, 1.82) is 0 Å². The molecule has 0 saturated carbocycles. The normalized spacial score (nSPS) is 13.0. The highest BCUT2D eigenvalue weighted by molar-refractivity contribution is 7.15. The molecule has 0 unspecified atom stereocenters. The fourth-order valence-electron chi connectivity index (χ4n) is 3.31. The molecule has 0 bridgehead atoms. The van der Waals surface area contributed by atoms with Gasteiger partial charge in [-0.25, -0.2) is 9.67 Å². The number of fused-ring (bicyclic) bond motifs is 1. The van der Waals surface area contributed by atoms with Crippen LogP contribution in [0, 0.1) is 0 Å². The number of aryl methyl sites for hydroxylation is 2. The summed E-state index contributed by atoms with van der Waals surface area (Å²) < 4.78 is 6.62. The van der Waals surface area contributed by atoms with E-state index in [0.29, 0.717) is 17.4 Å². The van der Waals surface area contributed by atoms with Crippen LogP contribution in [0.2, 0.25) is 0 Å². The van der Waals surface area contributed by atoms with E-state index in [2.05, 4.69) is 15.4 Å². The molecule has 7 nitrogen and oxygen atoms in total. The van der Waals surface area contributed by atoms with Crippen molar-refractivity contribution in [2.75, 3.05) is 11.9 Å². The molecule has 1 aromatic carbocycles. The summed E-state index contributed by atoms with van der Waals surface area (Å²) in [5, 5.41) is 7.75. The van der Waals surface area contributed by atoms with Crippen molar-refractivity contribution >= 4 is 22.4 Å². The fraction of sp³-hybridized carbons (Fsp3) is 0.333. The number of rotatable bonds is 6. The van der Waals surface area contributed by atoms with Gasteiger partial charge in [0.15, 0.2) is 5.13 Å². The summed E-state index contributed by atoms with van der Waals surface area (Å²) >= 11 is 1.52. The van der Waals surface area contributed by atoms with E-state index in [4.69, 9.17) is 4.74 Å². The van der Waals surface area contributed by atoms with Crippen molar-refractivity contribution < 1.29 is 9.53 Å². The van der Waals surface area contributed by atoms with E-state index < -0.39 is 0 Å². The zero-order chi connectivity index (χ0) is 20.2. The van der Waals surface area contributed by atoms with Gasteiger partial charge in [0.05, 0.1) is 18.0 Å².